The molecule has 0 saturated heterocycles. The monoisotopic (exact) mass is 409 g/mol. The molecule has 2 aromatic carbocycles. The van der Waals surface area contributed by atoms with E-state index >= 15 is 0 Å². The lowest BCUT2D eigenvalue weighted by Gasteiger charge is -2.21. The Morgan fingerprint density at radius 2 is 1.54 bits per heavy atom. The first kappa shape index (κ1) is 22.8. The van der Waals surface area contributed by atoms with E-state index in [2.05, 4.69) is 105 Å². The van der Waals surface area contributed by atoms with Crippen LogP contribution in [0.25, 0.3) is 0 Å². The van der Waals surface area contributed by atoms with Gasteiger partial charge in [-0.15, -0.1) is 0 Å². The SMILES string of the molecule is C=C/C=C\C(=C/C)P(CCNCCP(CC)c1ccccc1)c1ccccc1. The normalized spacial score (nSPS) is 14.1. The Labute approximate surface area is 174 Å². The molecule has 3 heteroatoms. The van der Waals surface area contributed by atoms with Crippen molar-refractivity contribution in [3.05, 3.63) is 96.9 Å². The summed E-state index contributed by atoms with van der Waals surface area (Å²) in [4.78, 5) is 0. The van der Waals surface area contributed by atoms with Gasteiger partial charge in [0.15, 0.2) is 0 Å². The van der Waals surface area contributed by atoms with E-state index in [-0.39, 0.29) is 15.8 Å². The molecule has 0 aliphatic rings. The highest BCUT2D eigenvalue weighted by atomic mass is 31.1. The van der Waals surface area contributed by atoms with Gasteiger partial charge >= 0.3 is 0 Å². The topological polar surface area (TPSA) is 12.0 Å². The van der Waals surface area contributed by atoms with Crippen LogP contribution in [0.2, 0.25) is 0 Å². The van der Waals surface area contributed by atoms with Gasteiger partial charge in [0, 0.05) is 0 Å². The molecule has 0 aliphatic heterocycles. The number of allylic oxidation sites excluding steroid dienone is 5. The van der Waals surface area contributed by atoms with Crippen molar-refractivity contribution in [3.63, 3.8) is 0 Å². The second kappa shape index (κ2) is 13.6. The van der Waals surface area contributed by atoms with Crippen LogP contribution in [-0.4, -0.2) is 31.6 Å². The number of hydrogen-bond acceptors (Lipinski definition) is 1. The van der Waals surface area contributed by atoms with Gasteiger partial charge in [-0.2, -0.15) is 0 Å². The molecule has 0 fully saturated rings. The highest BCUT2D eigenvalue weighted by Gasteiger charge is 2.14. The number of benzene rings is 2. The van der Waals surface area contributed by atoms with Gasteiger partial charge in [-0.1, -0.05) is 106 Å². The first-order valence-corrected chi connectivity index (χ1v) is 13.3. The fourth-order valence-electron chi connectivity index (χ4n) is 3.16. The van der Waals surface area contributed by atoms with Gasteiger partial charge in [0.1, 0.15) is 0 Å². The summed E-state index contributed by atoms with van der Waals surface area (Å²) < 4.78 is 0. The summed E-state index contributed by atoms with van der Waals surface area (Å²) >= 11 is 0. The van der Waals surface area contributed by atoms with Crippen LogP contribution in [-0.2, 0) is 0 Å². The maximum Gasteiger partial charge on any atom is -0.000333 e. The summed E-state index contributed by atoms with van der Waals surface area (Å²) in [6.07, 6.45) is 12.1. The van der Waals surface area contributed by atoms with Crippen molar-refractivity contribution in [2.45, 2.75) is 13.8 Å². The molecule has 1 N–H and O–H groups in total. The molecule has 1 nitrogen and oxygen atoms in total. The maximum atomic E-state index is 3.82. The van der Waals surface area contributed by atoms with Crippen LogP contribution in [0, 0.1) is 0 Å². The largest absolute Gasteiger partial charge is 0.316 e. The molecule has 2 atom stereocenters. The predicted molar refractivity (Wildman–Crippen MR) is 132 cm³/mol. The minimum atomic E-state index is -0.341. The minimum Gasteiger partial charge on any atom is -0.316 e. The lowest BCUT2D eigenvalue weighted by Crippen LogP contribution is -2.24. The van der Waals surface area contributed by atoms with Crippen molar-refractivity contribution >= 4 is 26.5 Å². The molecule has 0 bridgehead atoms. The van der Waals surface area contributed by atoms with Crippen molar-refractivity contribution < 1.29 is 0 Å². The van der Waals surface area contributed by atoms with Crippen molar-refractivity contribution in [2.24, 2.45) is 0 Å². The van der Waals surface area contributed by atoms with E-state index in [1.807, 2.05) is 6.08 Å². The molecular weight excluding hydrogens is 376 g/mol. The highest BCUT2D eigenvalue weighted by molar-refractivity contribution is 7.70. The summed E-state index contributed by atoms with van der Waals surface area (Å²) in [5.41, 5.74) is 0. The maximum absolute atomic E-state index is 3.82. The van der Waals surface area contributed by atoms with Gasteiger partial charge < -0.3 is 5.32 Å². The highest BCUT2D eigenvalue weighted by Crippen LogP contribution is 2.44. The molecule has 0 aromatic heterocycles. The number of hydrogen-bond donors (Lipinski definition) is 1. The third-order valence-electron chi connectivity index (χ3n) is 4.65. The summed E-state index contributed by atoms with van der Waals surface area (Å²) in [6.45, 7) is 10.4. The summed E-state index contributed by atoms with van der Waals surface area (Å²) in [5, 5.41) is 8.11. The molecule has 2 unspecified atom stereocenters. The lowest BCUT2D eigenvalue weighted by atomic mass is 10.4. The average molecular weight is 409 g/mol. The van der Waals surface area contributed by atoms with Gasteiger partial charge in [-0.05, 0) is 62.3 Å². The standard InChI is InChI=1S/C25H33NP2/c1-4-7-14-23(5-2)28(25-17-12-9-13-18-25)22-20-26-19-21-27(6-3)24-15-10-8-11-16-24/h4-5,7-18,26H,1,6,19-22H2,2-3H3/b14-7-,23-5+. The fourth-order valence-corrected chi connectivity index (χ4v) is 7.43. The van der Waals surface area contributed by atoms with Crippen molar-refractivity contribution in [1.29, 1.82) is 0 Å². The molecule has 0 spiro atoms. The Balaban J connectivity index is 1.91. The first-order valence-electron chi connectivity index (χ1n) is 10.1. The van der Waals surface area contributed by atoms with Crippen LogP contribution in [0.1, 0.15) is 13.8 Å². The van der Waals surface area contributed by atoms with Crippen LogP contribution in [0.4, 0.5) is 0 Å². The molecule has 2 rings (SSSR count). The predicted octanol–water partition coefficient (Wildman–Crippen LogP) is 5.86. The van der Waals surface area contributed by atoms with Crippen molar-refractivity contribution in [1.82, 2.24) is 5.32 Å². The second-order valence-corrected chi connectivity index (χ2v) is 11.5. The Hall–Kier alpha value is -1.52. The van der Waals surface area contributed by atoms with E-state index in [0.717, 1.165) is 19.3 Å². The molecule has 28 heavy (non-hydrogen) atoms. The van der Waals surface area contributed by atoms with E-state index in [1.165, 1.54) is 28.2 Å². The van der Waals surface area contributed by atoms with E-state index in [9.17, 15) is 0 Å². The van der Waals surface area contributed by atoms with E-state index in [4.69, 9.17) is 0 Å². The fraction of sp³-hybridized carbons (Fsp3) is 0.280. The van der Waals surface area contributed by atoms with Crippen molar-refractivity contribution in [2.75, 3.05) is 31.6 Å². The molecule has 0 radical (unpaired) electrons. The summed E-state index contributed by atoms with van der Waals surface area (Å²) in [5.74, 6) is 0. The quantitative estimate of drug-likeness (QED) is 0.263. The number of nitrogens with one attached hydrogen (secondary N) is 1. The molecule has 0 aliphatic carbocycles. The van der Waals surface area contributed by atoms with Crippen LogP contribution in [0.15, 0.2) is 96.9 Å². The Morgan fingerprint density at radius 1 is 0.929 bits per heavy atom. The molecule has 148 valence electrons. The van der Waals surface area contributed by atoms with Crippen LogP contribution in [0.3, 0.4) is 0 Å². The molecule has 0 amide bonds. The molecule has 0 heterocycles. The third-order valence-corrected chi connectivity index (χ3v) is 9.83. The molecule has 0 saturated carbocycles. The van der Waals surface area contributed by atoms with E-state index in [0.29, 0.717) is 0 Å². The second-order valence-electron chi connectivity index (χ2n) is 6.46. The zero-order valence-electron chi connectivity index (χ0n) is 17.2. The number of rotatable bonds is 12. The van der Waals surface area contributed by atoms with Crippen LogP contribution < -0.4 is 15.9 Å². The zero-order valence-corrected chi connectivity index (χ0v) is 19.0. The summed E-state index contributed by atoms with van der Waals surface area (Å²) in [7, 11) is -0.385. The van der Waals surface area contributed by atoms with Gasteiger partial charge in [0.05, 0.1) is 0 Å². The molecular formula is C25H33NP2. The minimum absolute atomic E-state index is 0.0437. The Kier molecular flexibility index (Phi) is 11.1. The molecule has 2 aromatic rings. The van der Waals surface area contributed by atoms with E-state index in [1.54, 1.807) is 0 Å². The zero-order chi connectivity index (χ0) is 20.0. The van der Waals surface area contributed by atoms with Crippen molar-refractivity contribution in [3.8, 4) is 0 Å². The van der Waals surface area contributed by atoms with Crippen LogP contribution >= 0.6 is 15.8 Å². The van der Waals surface area contributed by atoms with Gasteiger partial charge in [0.2, 0.25) is 0 Å². The summed E-state index contributed by atoms with van der Waals surface area (Å²) in [6, 6.07) is 21.9. The van der Waals surface area contributed by atoms with Gasteiger partial charge in [-0.3, -0.25) is 0 Å². The Morgan fingerprint density at radius 3 is 2.11 bits per heavy atom. The van der Waals surface area contributed by atoms with Crippen LogP contribution in [0.5, 0.6) is 0 Å². The van der Waals surface area contributed by atoms with Gasteiger partial charge in [0.25, 0.3) is 0 Å². The first-order chi connectivity index (χ1) is 13.8. The van der Waals surface area contributed by atoms with E-state index < -0.39 is 0 Å². The Bertz CT molecular complexity index is 738. The lowest BCUT2D eigenvalue weighted by molar-refractivity contribution is 0.770. The smallest absolute Gasteiger partial charge is 0.000333 e. The third kappa shape index (κ3) is 7.48. The average Bonchev–Trinajstić information content (AvgIpc) is 2.76. The van der Waals surface area contributed by atoms with Gasteiger partial charge in [-0.25, -0.2) is 0 Å².